The van der Waals surface area contributed by atoms with Crippen molar-refractivity contribution < 1.29 is 17.7 Å². The van der Waals surface area contributed by atoms with E-state index in [-0.39, 0.29) is 13.1 Å². The van der Waals surface area contributed by atoms with Crippen molar-refractivity contribution in [1.29, 1.82) is 0 Å². The van der Waals surface area contributed by atoms with Gasteiger partial charge in [-0.1, -0.05) is 35.5 Å². The quantitative estimate of drug-likeness (QED) is 0.474. The molecule has 0 amide bonds. The minimum atomic E-state index is -4.43. The lowest BCUT2D eigenvalue weighted by Gasteiger charge is -2.09. The van der Waals surface area contributed by atoms with Crippen LogP contribution in [-0.4, -0.2) is 22.6 Å². The number of hydrogen-bond donors (Lipinski definition) is 2. The van der Waals surface area contributed by atoms with E-state index in [2.05, 4.69) is 25.8 Å². The highest BCUT2D eigenvalue weighted by Gasteiger charge is 2.33. The summed E-state index contributed by atoms with van der Waals surface area (Å²) < 4.78 is 43.2. The molecule has 0 aliphatic carbocycles. The van der Waals surface area contributed by atoms with Gasteiger partial charge in [-0.15, -0.1) is 11.3 Å². The number of benzene rings is 1. The summed E-state index contributed by atoms with van der Waals surface area (Å²) in [6.07, 6.45) is -4.43. The number of nitrogens with one attached hydrogen (secondary N) is 2. The number of hydrogen-bond acceptors (Lipinski definition) is 5. The first-order valence-electron chi connectivity index (χ1n) is 8.50. The Morgan fingerprint density at radius 1 is 1.21 bits per heavy atom. The van der Waals surface area contributed by atoms with Crippen molar-refractivity contribution in [3.05, 3.63) is 58.2 Å². The first kappa shape index (κ1) is 19.9. The normalized spacial score (nSPS) is 12.2. The van der Waals surface area contributed by atoms with Gasteiger partial charge in [-0.25, -0.2) is 9.98 Å². The Morgan fingerprint density at radius 2 is 2.00 bits per heavy atom. The first-order valence-corrected chi connectivity index (χ1v) is 9.38. The van der Waals surface area contributed by atoms with Crippen LogP contribution in [0.15, 0.2) is 51.3 Å². The minimum Gasteiger partial charge on any atom is -0.357 e. The number of halogens is 3. The maximum Gasteiger partial charge on any atom is 0.434 e. The van der Waals surface area contributed by atoms with Crippen LogP contribution in [0.3, 0.4) is 0 Å². The van der Waals surface area contributed by atoms with Gasteiger partial charge in [0.1, 0.15) is 10.7 Å². The van der Waals surface area contributed by atoms with Gasteiger partial charge in [0.25, 0.3) is 0 Å². The molecule has 0 saturated carbocycles. The standard InChI is InChI=1S/C18H18F3N5OS/c1-2-22-17(24-10-16-25-15(11-28-16)18(19,20)21)23-9-13-8-14(27-26-13)12-6-4-3-5-7-12/h3-8,11H,2,9-10H2,1H3,(H2,22,23,24). The minimum absolute atomic E-state index is 0.140. The number of guanidine groups is 1. The Labute approximate surface area is 163 Å². The topological polar surface area (TPSA) is 75.3 Å². The van der Waals surface area contributed by atoms with Gasteiger partial charge in [-0.2, -0.15) is 13.2 Å². The Morgan fingerprint density at radius 3 is 2.68 bits per heavy atom. The zero-order valence-electron chi connectivity index (χ0n) is 15.0. The molecule has 0 aliphatic heterocycles. The molecule has 0 saturated heterocycles. The Balaban J connectivity index is 1.61. The maximum atomic E-state index is 12.6. The lowest BCUT2D eigenvalue weighted by Crippen LogP contribution is -2.36. The number of alkyl halides is 3. The summed E-state index contributed by atoms with van der Waals surface area (Å²) in [5.74, 6) is 1.10. The van der Waals surface area contributed by atoms with E-state index in [1.54, 1.807) is 6.07 Å². The van der Waals surface area contributed by atoms with Gasteiger partial charge in [0.15, 0.2) is 17.4 Å². The molecule has 3 rings (SSSR count). The van der Waals surface area contributed by atoms with E-state index in [9.17, 15) is 13.2 Å². The van der Waals surface area contributed by atoms with Crippen LogP contribution in [0, 0.1) is 0 Å². The second kappa shape index (κ2) is 8.87. The van der Waals surface area contributed by atoms with Gasteiger partial charge in [0, 0.05) is 23.6 Å². The lowest BCUT2D eigenvalue weighted by molar-refractivity contribution is -0.140. The van der Waals surface area contributed by atoms with Crippen LogP contribution in [0.1, 0.15) is 23.3 Å². The molecule has 0 atom stereocenters. The summed E-state index contributed by atoms with van der Waals surface area (Å²) in [6, 6.07) is 11.4. The number of aromatic nitrogens is 2. The number of aliphatic imine (C=N–C) groups is 1. The molecule has 148 valence electrons. The monoisotopic (exact) mass is 409 g/mol. The fourth-order valence-corrected chi connectivity index (χ4v) is 3.05. The second-order valence-electron chi connectivity index (χ2n) is 5.72. The van der Waals surface area contributed by atoms with E-state index >= 15 is 0 Å². The van der Waals surface area contributed by atoms with Gasteiger partial charge >= 0.3 is 6.18 Å². The molecule has 28 heavy (non-hydrogen) atoms. The van der Waals surface area contributed by atoms with Crippen LogP contribution in [-0.2, 0) is 19.3 Å². The van der Waals surface area contributed by atoms with E-state index in [1.807, 2.05) is 37.3 Å². The van der Waals surface area contributed by atoms with Crippen molar-refractivity contribution in [2.45, 2.75) is 26.2 Å². The summed E-state index contributed by atoms with van der Waals surface area (Å²) in [6.45, 7) is 2.90. The second-order valence-corrected chi connectivity index (χ2v) is 6.66. The van der Waals surface area contributed by atoms with Gasteiger partial charge in [0.2, 0.25) is 0 Å². The molecule has 10 heteroatoms. The first-order chi connectivity index (χ1) is 13.5. The molecular formula is C18H18F3N5OS. The molecule has 3 aromatic rings. The summed E-state index contributed by atoms with van der Waals surface area (Å²) >= 11 is 0.948. The summed E-state index contributed by atoms with van der Waals surface area (Å²) in [7, 11) is 0. The van der Waals surface area contributed by atoms with Gasteiger partial charge in [-0.05, 0) is 6.92 Å². The van der Waals surface area contributed by atoms with Crippen LogP contribution in [0.2, 0.25) is 0 Å². The van der Waals surface area contributed by atoms with Gasteiger partial charge < -0.3 is 15.2 Å². The smallest absolute Gasteiger partial charge is 0.357 e. The molecule has 0 unspecified atom stereocenters. The number of thiazole rings is 1. The zero-order chi connectivity index (χ0) is 20.0. The Kier molecular flexibility index (Phi) is 6.30. The molecule has 2 heterocycles. The lowest BCUT2D eigenvalue weighted by atomic mass is 10.2. The highest BCUT2D eigenvalue weighted by Crippen LogP contribution is 2.29. The van der Waals surface area contributed by atoms with Crippen molar-refractivity contribution in [3.63, 3.8) is 0 Å². The van der Waals surface area contributed by atoms with E-state index in [4.69, 9.17) is 4.52 Å². The van der Waals surface area contributed by atoms with E-state index in [0.29, 0.717) is 29.0 Å². The van der Waals surface area contributed by atoms with Crippen LogP contribution in [0.4, 0.5) is 13.2 Å². The fourth-order valence-electron chi connectivity index (χ4n) is 2.31. The zero-order valence-corrected chi connectivity index (χ0v) is 15.8. The van der Waals surface area contributed by atoms with Gasteiger partial charge in [-0.3, -0.25) is 0 Å². The maximum absolute atomic E-state index is 12.6. The van der Waals surface area contributed by atoms with Crippen LogP contribution in [0.25, 0.3) is 11.3 Å². The SMILES string of the molecule is CCNC(=NCc1cc(-c2ccccc2)on1)NCc1nc(C(F)(F)F)cs1. The average Bonchev–Trinajstić information content (AvgIpc) is 3.34. The summed E-state index contributed by atoms with van der Waals surface area (Å²) in [4.78, 5) is 7.98. The van der Waals surface area contributed by atoms with Crippen molar-refractivity contribution in [1.82, 2.24) is 20.8 Å². The van der Waals surface area contributed by atoms with E-state index in [0.717, 1.165) is 22.3 Å². The third-order valence-electron chi connectivity index (χ3n) is 3.61. The number of rotatable bonds is 6. The highest BCUT2D eigenvalue weighted by molar-refractivity contribution is 7.09. The van der Waals surface area contributed by atoms with Crippen LogP contribution < -0.4 is 10.6 Å². The molecule has 0 bridgehead atoms. The molecule has 2 aromatic heterocycles. The molecule has 0 fully saturated rings. The fraction of sp³-hybridized carbons (Fsp3) is 0.278. The number of nitrogens with zero attached hydrogens (tertiary/aromatic N) is 3. The predicted octanol–water partition coefficient (Wildman–Crippen LogP) is 4.07. The highest BCUT2D eigenvalue weighted by atomic mass is 32.1. The molecule has 1 aromatic carbocycles. The largest absolute Gasteiger partial charge is 0.434 e. The Bertz CT molecular complexity index is 921. The third-order valence-corrected chi connectivity index (χ3v) is 4.46. The summed E-state index contributed by atoms with van der Waals surface area (Å²) in [5, 5.41) is 11.3. The van der Waals surface area contributed by atoms with Crippen LogP contribution >= 0.6 is 11.3 Å². The average molecular weight is 409 g/mol. The van der Waals surface area contributed by atoms with E-state index in [1.165, 1.54) is 0 Å². The molecular weight excluding hydrogens is 391 g/mol. The molecule has 6 nitrogen and oxygen atoms in total. The molecule has 2 N–H and O–H groups in total. The van der Waals surface area contributed by atoms with Crippen molar-refractivity contribution >= 4 is 17.3 Å². The molecule has 0 aliphatic rings. The molecule has 0 radical (unpaired) electrons. The predicted molar refractivity (Wildman–Crippen MR) is 101 cm³/mol. The van der Waals surface area contributed by atoms with Crippen molar-refractivity contribution in [3.8, 4) is 11.3 Å². The van der Waals surface area contributed by atoms with E-state index < -0.39 is 11.9 Å². The molecule has 0 spiro atoms. The third kappa shape index (κ3) is 5.32. The summed E-state index contributed by atoms with van der Waals surface area (Å²) in [5.41, 5.74) is 0.677. The van der Waals surface area contributed by atoms with Crippen molar-refractivity contribution in [2.24, 2.45) is 4.99 Å². The van der Waals surface area contributed by atoms with Crippen molar-refractivity contribution in [2.75, 3.05) is 6.54 Å². The Hall–Kier alpha value is -2.88. The van der Waals surface area contributed by atoms with Gasteiger partial charge in [0.05, 0.1) is 13.1 Å². The van der Waals surface area contributed by atoms with Crippen LogP contribution in [0.5, 0.6) is 0 Å².